The zero-order valence-corrected chi connectivity index (χ0v) is 17.9. The monoisotopic (exact) mass is 400 g/mol. The van der Waals surface area contributed by atoms with Crippen molar-refractivity contribution in [1.82, 2.24) is 0 Å². The molecule has 1 rings (SSSR count). The number of hydrogen-bond acceptors (Lipinski definition) is 5. The van der Waals surface area contributed by atoms with Crippen LogP contribution in [-0.2, 0) is 9.47 Å². The van der Waals surface area contributed by atoms with Gasteiger partial charge in [-0.2, -0.15) is 0 Å². The van der Waals surface area contributed by atoms with E-state index in [0.29, 0.717) is 6.61 Å². The number of ether oxygens (including phenoxy) is 2. The van der Waals surface area contributed by atoms with E-state index in [4.69, 9.17) is 14.6 Å². The van der Waals surface area contributed by atoms with E-state index in [0.717, 1.165) is 12.8 Å². The first-order valence-corrected chi connectivity index (χ1v) is 11.6. The van der Waals surface area contributed by atoms with Crippen molar-refractivity contribution in [2.24, 2.45) is 0 Å². The van der Waals surface area contributed by atoms with Crippen LogP contribution in [-0.4, -0.2) is 59.6 Å². The highest BCUT2D eigenvalue weighted by Gasteiger charge is 2.38. The molecule has 1 aliphatic rings. The maximum atomic E-state index is 9.99. The van der Waals surface area contributed by atoms with Gasteiger partial charge in [-0.25, -0.2) is 0 Å². The lowest BCUT2D eigenvalue weighted by Crippen LogP contribution is -2.55. The number of allylic oxidation sites excluding steroid dienone is 2. The lowest BCUT2D eigenvalue weighted by Gasteiger charge is -2.36. The minimum Gasteiger partial charge on any atom is -0.394 e. The number of aliphatic hydroxyl groups excluding tert-OH is 3. The summed E-state index contributed by atoms with van der Waals surface area (Å²) in [6.45, 7) is 2.75. The average Bonchev–Trinajstić information content (AvgIpc) is 2.70. The fourth-order valence-electron chi connectivity index (χ4n) is 3.57. The highest BCUT2D eigenvalue weighted by Crippen LogP contribution is 2.18. The summed E-state index contributed by atoms with van der Waals surface area (Å²) in [5, 5.41) is 28.9. The summed E-state index contributed by atoms with van der Waals surface area (Å²) >= 11 is 0. The molecule has 1 heterocycles. The van der Waals surface area contributed by atoms with Crippen molar-refractivity contribution in [3.8, 4) is 0 Å². The molecule has 28 heavy (non-hydrogen) atoms. The Labute approximate surface area is 172 Å². The summed E-state index contributed by atoms with van der Waals surface area (Å²) < 4.78 is 11.0. The minimum absolute atomic E-state index is 0.220. The van der Waals surface area contributed by atoms with E-state index < -0.39 is 24.4 Å². The van der Waals surface area contributed by atoms with Crippen molar-refractivity contribution < 1.29 is 24.8 Å². The zero-order valence-electron chi connectivity index (χ0n) is 17.9. The van der Waals surface area contributed by atoms with Crippen molar-refractivity contribution in [2.45, 2.75) is 115 Å². The highest BCUT2D eigenvalue weighted by molar-refractivity contribution is 4.87. The van der Waals surface area contributed by atoms with E-state index >= 15 is 0 Å². The van der Waals surface area contributed by atoms with E-state index in [9.17, 15) is 10.2 Å². The number of rotatable bonds is 17. The Hall–Kier alpha value is -0.460. The molecule has 5 nitrogen and oxygen atoms in total. The van der Waals surface area contributed by atoms with E-state index in [1.54, 1.807) is 0 Å². The van der Waals surface area contributed by atoms with E-state index in [-0.39, 0.29) is 13.2 Å². The van der Waals surface area contributed by atoms with Gasteiger partial charge >= 0.3 is 0 Å². The summed E-state index contributed by atoms with van der Waals surface area (Å²) in [5.41, 5.74) is 0. The third-order valence-electron chi connectivity index (χ3n) is 5.50. The SMILES string of the molecule is CCCCC/C=C/CCCCCCCCCCO[C@@H]1CO[C@@H](CO)[C@H](O)[C@H]1O. The van der Waals surface area contributed by atoms with Gasteiger partial charge in [0.1, 0.15) is 24.4 Å². The molecule has 0 unspecified atom stereocenters. The van der Waals surface area contributed by atoms with Crippen LogP contribution in [0.1, 0.15) is 90.4 Å². The Morgan fingerprint density at radius 1 is 0.821 bits per heavy atom. The number of unbranched alkanes of at least 4 members (excludes halogenated alkanes) is 11. The normalized spacial score (nSPS) is 25.6. The van der Waals surface area contributed by atoms with Crippen molar-refractivity contribution in [3.05, 3.63) is 12.2 Å². The maximum absolute atomic E-state index is 9.99. The Kier molecular flexibility index (Phi) is 15.9. The number of aliphatic hydroxyl groups is 3. The molecule has 166 valence electrons. The van der Waals surface area contributed by atoms with Crippen molar-refractivity contribution >= 4 is 0 Å². The van der Waals surface area contributed by atoms with Crippen LogP contribution >= 0.6 is 0 Å². The molecule has 0 bridgehead atoms. The van der Waals surface area contributed by atoms with Crippen molar-refractivity contribution in [2.75, 3.05) is 19.8 Å². The van der Waals surface area contributed by atoms with Crippen LogP contribution in [0.4, 0.5) is 0 Å². The summed E-state index contributed by atoms with van der Waals surface area (Å²) in [4.78, 5) is 0. The lowest BCUT2D eigenvalue weighted by molar-refractivity contribution is -0.208. The standard InChI is InChI=1S/C23H44O5/c1-2-3-4-5-6-7-8-9-10-11-12-13-14-15-16-17-27-21-19-28-20(18-24)22(25)23(21)26/h6-7,20-26H,2-5,8-19H2,1H3/b7-6+/t20-,21+,22-,23-/m0/s1. The second-order valence-corrected chi connectivity index (χ2v) is 8.03. The average molecular weight is 401 g/mol. The van der Waals surface area contributed by atoms with Crippen LogP contribution in [0.5, 0.6) is 0 Å². The van der Waals surface area contributed by atoms with Gasteiger partial charge in [-0.1, -0.05) is 70.4 Å². The molecule has 0 radical (unpaired) electrons. The van der Waals surface area contributed by atoms with Crippen LogP contribution in [0, 0.1) is 0 Å². The van der Waals surface area contributed by atoms with Gasteiger partial charge in [-0.3, -0.25) is 0 Å². The Bertz CT molecular complexity index is 374. The van der Waals surface area contributed by atoms with Gasteiger partial charge in [0.25, 0.3) is 0 Å². The molecule has 5 heteroatoms. The fraction of sp³-hybridized carbons (Fsp3) is 0.913. The van der Waals surface area contributed by atoms with Crippen molar-refractivity contribution in [3.63, 3.8) is 0 Å². The predicted molar refractivity (Wildman–Crippen MR) is 113 cm³/mol. The van der Waals surface area contributed by atoms with Crippen LogP contribution in [0.25, 0.3) is 0 Å². The molecule has 1 fully saturated rings. The molecule has 4 atom stereocenters. The lowest BCUT2D eigenvalue weighted by atomic mass is 10.0. The zero-order chi connectivity index (χ0) is 20.5. The largest absolute Gasteiger partial charge is 0.394 e. The second kappa shape index (κ2) is 17.4. The van der Waals surface area contributed by atoms with Gasteiger partial charge < -0.3 is 24.8 Å². The molecule has 3 N–H and O–H groups in total. The molecular weight excluding hydrogens is 356 g/mol. The summed E-state index contributed by atoms with van der Waals surface area (Å²) in [6.07, 6.45) is 17.8. The van der Waals surface area contributed by atoms with Gasteiger partial charge in [-0.15, -0.1) is 0 Å². The molecule has 1 aliphatic heterocycles. The smallest absolute Gasteiger partial charge is 0.111 e. The second-order valence-electron chi connectivity index (χ2n) is 8.03. The van der Waals surface area contributed by atoms with Gasteiger partial charge in [0, 0.05) is 6.61 Å². The van der Waals surface area contributed by atoms with Crippen molar-refractivity contribution in [1.29, 1.82) is 0 Å². The van der Waals surface area contributed by atoms with E-state index in [2.05, 4.69) is 19.1 Å². The third-order valence-corrected chi connectivity index (χ3v) is 5.50. The summed E-state index contributed by atoms with van der Waals surface area (Å²) in [7, 11) is 0. The van der Waals surface area contributed by atoms with Gasteiger partial charge in [0.15, 0.2) is 0 Å². The predicted octanol–water partition coefficient (Wildman–Crippen LogP) is 4.13. The summed E-state index contributed by atoms with van der Waals surface area (Å²) in [6, 6.07) is 0. The highest BCUT2D eigenvalue weighted by atomic mass is 16.6. The Morgan fingerprint density at radius 2 is 1.39 bits per heavy atom. The molecule has 0 aromatic rings. The molecule has 0 aliphatic carbocycles. The molecule has 0 amide bonds. The Balaban J connectivity index is 1.84. The number of hydrogen-bond donors (Lipinski definition) is 3. The molecule has 0 spiro atoms. The van der Waals surface area contributed by atoms with E-state index in [1.807, 2.05) is 0 Å². The Morgan fingerprint density at radius 3 is 2.00 bits per heavy atom. The van der Waals surface area contributed by atoms with Gasteiger partial charge in [0.2, 0.25) is 0 Å². The van der Waals surface area contributed by atoms with Crippen LogP contribution in [0.15, 0.2) is 12.2 Å². The minimum atomic E-state index is -1.08. The summed E-state index contributed by atoms with van der Waals surface area (Å²) in [5.74, 6) is 0. The molecule has 0 saturated carbocycles. The topological polar surface area (TPSA) is 79.2 Å². The maximum Gasteiger partial charge on any atom is 0.111 e. The first-order valence-electron chi connectivity index (χ1n) is 11.6. The van der Waals surface area contributed by atoms with Gasteiger partial charge in [0.05, 0.1) is 13.2 Å². The first-order chi connectivity index (χ1) is 13.7. The van der Waals surface area contributed by atoms with Crippen LogP contribution < -0.4 is 0 Å². The fourth-order valence-corrected chi connectivity index (χ4v) is 3.57. The first kappa shape index (κ1) is 25.6. The molecule has 1 saturated heterocycles. The molecular formula is C23H44O5. The van der Waals surface area contributed by atoms with Crippen LogP contribution in [0.3, 0.4) is 0 Å². The van der Waals surface area contributed by atoms with Gasteiger partial charge in [-0.05, 0) is 32.1 Å². The van der Waals surface area contributed by atoms with E-state index in [1.165, 1.54) is 70.6 Å². The molecule has 0 aromatic carbocycles. The molecule has 0 aromatic heterocycles. The quantitative estimate of drug-likeness (QED) is 0.253. The van der Waals surface area contributed by atoms with Crippen LogP contribution in [0.2, 0.25) is 0 Å². The third kappa shape index (κ3) is 11.5.